The molecule has 9 nitrogen and oxygen atoms in total. The second-order valence-corrected chi connectivity index (χ2v) is 16.5. The van der Waals surface area contributed by atoms with Crippen LogP contribution in [0.5, 0.6) is 11.5 Å². The maximum atomic E-state index is 11.3. The van der Waals surface area contributed by atoms with Crippen molar-refractivity contribution in [3.8, 4) is 23.8 Å². The summed E-state index contributed by atoms with van der Waals surface area (Å²) in [5, 5.41) is 34.3. The predicted octanol–water partition coefficient (Wildman–Crippen LogP) is 5.83. The van der Waals surface area contributed by atoms with Crippen LogP contribution in [0.2, 0.25) is 19.6 Å². The van der Waals surface area contributed by atoms with E-state index in [4.69, 9.17) is 30.0 Å². The Hall–Kier alpha value is -3.81. The monoisotopic (exact) mass is 736 g/mol. The number of rotatable bonds is 2. The number of halogens is 2. The summed E-state index contributed by atoms with van der Waals surface area (Å²) >= 11 is 6.69. The number of ether oxygens (including phenoxy) is 2. The summed E-state index contributed by atoms with van der Waals surface area (Å²) in [5.41, 5.74) is 3.16. The molecule has 0 fully saturated rings. The molecule has 0 aliphatic carbocycles. The van der Waals surface area contributed by atoms with Crippen molar-refractivity contribution in [3.63, 3.8) is 0 Å². The number of carbonyl (C=O) groups excluding carboxylic acids is 1. The van der Waals surface area contributed by atoms with Gasteiger partial charge < -0.3 is 19.5 Å². The molecule has 226 valence electrons. The summed E-state index contributed by atoms with van der Waals surface area (Å²) in [6, 6.07) is 19.3. The number of aliphatic imine (C=N–C) groups is 1. The predicted molar refractivity (Wildman–Crippen MR) is 182 cm³/mol. The zero-order valence-electron chi connectivity index (χ0n) is 24.6. The van der Waals surface area contributed by atoms with Crippen LogP contribution < -0.4 is 14.9 Å². The first kappa shape index (κ1) is 36.4. The van der Waals surface area contributed by atoms with E-state index in [9.17, 15) is 4.79 Å². The van der Waals surface area contributed by atoms with Crippen molar-refractivity contribution in [2.45, 2.75) is 32.5 Å². The SMILES string of the molecule is C=C=N[Si](C)(C)C.N#CN=C1CCOc2ccc(Br)cc21.N#Cc1cccc(B(O)O)c1.O=C1CCOc2ccc(Br)cc21. The highest BCUT2D eigenvalue weighted by Crippen LogP contribution is 2.28. The van der Waals surface area contributed by atoms with Gasteiger partial charge in [-0.1, -0.05) is 44.0 Å². The molecule has 44 heavy (non-hydrogen) atoms. The lowest BCUT2D eigenvalue weighted by Crippen LogP contribution is -2.29. The number of ketones is 1. The summed E-state index contributed by atoms with van der Waals surface area (Å²) < 4.78 is 16.7. The minimum absolute atomic E-state index is 0.164. The summed E-state index contributed by atoms with van der Waals surface area (Å²) in [6.45, 7) is 10.9. The standard InChI is InChI=1S/C10H7BrN2O.C9H7BrO2.C7H6BNO2.C5H11NSi/c11-7-1-2-10-8(5-7)9(13-6-12)3-4-14-10;10-6-1-2-9-7(5-6)8(11)3-4-12-9;9-5-6-2-1-3-7(4-6)8(10)11;1-5-6-7(2,3)4/h1-2,5H,3-4H2;1-2,5H,3-4H2;1-4,10-11H;1H2,2-4H3. The second kappa shape index (κ2) is 18.1. The number of carbonyl (C=O) groups is 1. The Labute approximate surface area is 275 Å². The number of hydrogen-bond acceptors (Lipinski definition) is 9. The molecular formula is C31H31BBr2N4O5Si. The van der Waals surface area contributed by atoms with Crippen molar-refractivity contribution >= 4 is 70.0 Å². The fraction of sp³-hybridized carbons (Fsp3) is 0.226. The molecule has 0 saturated carbocycles. The fourth-order valence-corrected chi connectivity index (χ4v) is 4.86. The van der Waals surface area contributed by atoms with Gasteiger partial charge in [0.2, 0.25) is 6.19 Å². The van der Waals surface area contributed by atoms with E-state index in [0.717, 1.165) is 26.0 Å². The second-order valence-electron chi connectivity index (χ2n) is 10.1. The quantitative estimate of drug-likeness (QED) is 0.191. The average Bonchev–Trinajstić information content (AvgIpc) is 2.98. The third-order valence-electron chi connectivity index (χ3n) is 5.59. The molecule has 3 aromatic carbocycles. The lowest BCUT2D eigenvalue weighted by Gasteiger charge is -2.18. The highest BCUT2D eigenvalue weighted by Gasteiger charge is 2.18. The molecular weight excluding hydrogens is 707 g/mol. The van der Waals surface area contributed by atoms with Gasteiger partial charge in [-0.15, -0.1) is 0 Å². The molecule has 2 heterocycles. The van der Waals surface area contributed by atoms with Gasteiger partial charge in [0.05, 0.1) is 36.1 Å². The molecule has 0 radical (unpaired) electrons. The Morgan fingerprint density at radius 1 is 0.909 bits per heavy atom. The first-order chi connectivity index (χ1) is 20.9. The van der Waals surface area contributed by atoms with Crippen LogP contribution in [0.1, 0.15) is 34.3 Å². The van der Waals surface area contributed by atoms with Crippen molar-refractivity contribution in [1.29, 1.82) is 10.5 Å². The third-order valence-corrected chi connectivity index (χ3v) is 7.41. The smallest absolute Gasteiger partial charge is 0.488 e. The highest BCUT2D eigenvalue weighted by atomic mass is 79.9. The number of hydrogen-bond donors (Lipinski definition) is 2. The van der Waals surface area contributed by atoms with Gasteiger partial charge in [-0.25, -0.2) is 0 Å². The molecule has 0 saturated heterocycles. The van der Waals surface area contributed by atoms with E-state index in [1.165, 1.54) is 6.07 Å². The van der Waals surface area contributed by atoms with Crippen LogP contribution >= 0.6 is 31.9 Å². The summed E-state index contributed by atoms with van der Waals surface area (Å²) in [7, 11) is -2.70. The van der Waals surface area contributed by atoms with E-state index in [-0.39, 0.29) is 5.78 Å². The first-order valence-corrected chi connectivity index (χ1v) is 18.4. The molecule has 0 atom stereocenters. The van der Waals surface area contributed by atoms with E-state index in [1.54, 1.807) is 24.3 Å². The summed E-state index contributed by atoms with van der Waals surface area (Å²) in [4.78, 5) is 15.1. The number of Topliss-reactive ketones (excluding diaryl/α,β-unsaturated/α-hetero) is 1. The molecule has 0 unspecified atom stereocenters. The number of nitriles is 2. The number of benzene rings is 3. The minimum Gasteiger partial charge on any atom is -0.492 e. The van der Waals surface area contributed by atoms with Gasteiger partial charge in [-0.2, -0.15) is 15.5 Å². The summed E-state index contributed by atoms with van der Waals surface area (Å²) in [5.74, 6) is 4.21. The molecule has 0 spiro atoms. The molecule has 5 rings (SSSR count). The van der Waals surface area contributed by atoms with Crippen LogP contribution in [-0.2, 0) is 0 Å². The van der Waals surface area contributed by atoms with Crippen LogP contribution in [0.3, 0.4) is 0 Å². The van der Waals surface area contributed by atoms with Gasteiger partial charge in [-0.3, -0.25) is 9.45 Å². The van der Waals surface area contributed by atoms with Crippen molar-refractivity contribution in [2.24, 2.45) is 9.65 Å². The van der Waals surface area contributed by atoms with Crippen molar-refractivity contribution < 1.29 is 24.3 Å². The van der Waals surface area contributed by atoms with Crippen molar-refractivity contribution in [3.05, 3.63) is 92.9 Å². The topological polar surface area (TPSA) is 148 Å². The number of fused-ring (bicyclic) bond motifs is 2. The van der Waals surface area contributed by atoms with E-state index in [0.29, 0.717) is 48.4 Å². The third kappa shape index (κ3) is 12.4. The Kier molecular flexibility index (Phi) is 15.0. The van der Waals surface area contributed by atoms with Crippen molar-refractivity contribution in [2.75, 3.05) is 13.2 Å². The maximum absolute atomic E-state index is 11.3. The maximum Gasteiger partial charge on any atom is 0.488 e. The molecule has 0 bridgehead atoms. The molecule has 0 amide bonds. The van der Waals surface area contributed by atoms with Crippen LogP contribution in [-0.4, -0.2) is 56.0 Å². The largest absolute Gasteiger partial charge is 0.492 e. The lowest BCUT2D eigenvalue weighted by molar-refractivity contribution is 0.0933. The van der Waals surface area contributed by atoms with Crippen LogP contribution in [0.25, 0.3) is 0 Å². The molecule has 13 heteroatoms. The Morgan fingerprint density at radius 2 is 1.50 bits per heavy atom. The Bertz CT molecular complexity index is 1620. The van der Waals surface area contributed by atoms with E-state index < -0.39 is 15.4 Å². The fourth-order valence-electron chi connectivity index (χ4n) is 3.66. The first-order valence-electron chi connectivity index (χ1n) is 13.3. The number of nitrogens with zero attached hydrogens (tertiary/aromatic N) is 4. The van der Waals surface area contributed by atoms with E-state index >= 15 is 0 Å². The van der Waals surface area contributed by atoms with Crippen LogP contribution in [0.4, 0.5) is 0 Å². The molecule has 2 aliphatic rings. The minimum atomic E-state index is -1.50. The van der Waals surface area contributed by atoms with E-state index in [1.807, 2.05) is 42.6 Å². The van der Waals surface area contributed by atoms with Crippen molar-refractivity contribution in [1.82, 2.24) is 0 Å². The molecule has 2 aliphatic heterocycles. The molecule has 3 aromatic rings. The summed E-state index contributed by atoms with van der Waals surface area (Å²) in [6.07, 6.45) is 3.00. The van der Waals surface area contributed by atoms with Gasteiger partial charge in [0.15, 0.2) is 14.0 Å². The van der Waals surface area contributed by atoms with Crippen LogP contribution in [0.15, 0.2) is 85.8 Å². The van der Waals surface area contributed by atoms with Gasteiger partial charge in [0.25, 0.3) is 0 Å². The van der Waals surface area contributed by atoms with Gasteiger partial charge in [0, 0.05) is 27.4 Å². The molecule has 2 N–H and O–H groups in total. The van der Waals surface area contributed by atoms with Gasteiger partial charge in [0.1, 0.15) is 11.5 Å². The molecule has 0 aromatic heterocycles. The zero-order valence-corrected chi connectivity index (χ0v) is 28.7. The lowest BCUT2D eigenvalue weighted by atomic mass is 9.80. The van der Waals surface area contributed by atoms with Gasteiger partial charge in [-0.05, 0) is 86.1 Å². The average molecular weight is 738 g/mol. The van der Waals surface area contributed by atoms with Gasteiger partial charge >= 0.3 is 7.12 Å². The Balaban J connectivity index is 0.000000210. The highest BCUT2D eigenvalue weighted by molar-refractivity contribution is 9.10. The normalized spacial score (nSPS) is 13.4. The zero-order chi connectivity index (χ0) is 32.7. The van der Waals surface area contributed by atoms with E-state index in [2.05, 4.69) is 73.6 Å². The van der Waals surface area contributed by atoms with Crippen LogP contribution in [0, 0.1) is 22.8 Å². The Morgan fingerprint density at radius 3 is 2.02 bits per heavy atom.